The molecule has 0 atom stereocenters. The van der Waals surface area contributed by atoms with Gasteiger partial charge in [0.15, 0.2) is 0 Å². The summed E-state index contributed by atoms with van der Waals surface area (Å²) in [6.07, 6.45) is 0.223. The van der Waals surface area contributed by atoms with Gasteiger partial charge in [-0.3, -0.25) is 14.7 Å². The molecule has 4 aromatic rings. The van der Waals surface area contributed by atoms with E-state index < -0.39 is 11.0 Å². The molecule has 128 valence electrons. The fourth-order valence-corrected chi connectivity index (χ4v) is 2.97. The van der Waals surface area contributed by atoms with Crippen molar-refractivity contribution in [3.63, 3.8) is 0 Å². The van der Waals surface area contributed by atoms with E-state index in [2.05, 4.69) is 15.2 Å². The minimum Gasteiger partial charge on any atom is -0.507 e. The third-order valence-electron chi connectivity index (χ3n) is 4.28. The Hall–Kier alpha value is -3.67. The van der Waals surface area contributed by atoms with Crippen molar-refractivity contribution in [3.8, 4) is 17.0 Å². The van der Waals surface area contributed by atoms with Crippen molar-refractivity contribution < 1.29 is 5.11 Å². The molecule has 0 spiro atoms. The molecule has 0 aliphatic carbocycles. The van der Waals surface area contributed by atoms with Crippen LogP contribution in [0.15, 0.2) is 70.3 Å². The number of rotatable bonds is 3. The summed E-state index contributed by atoms with van der Waals surface area (Å²) in [5.41, 5.74) is 1.04. The first kappa shape index (κ1) is 15.8. The zero-order valence-electron chi connectivity index (χ0n) is 13.7. The summed E-state index contributed by atoms with van der Waals surface area (Å²) < 4.78 is 0. The SMILES string of the molecule is O=c1[nH]c2[nH]nc(-c3ccccc3)c(=O)c2c(O)c1Cc1ccccc1. The maximum absolute atomic E-state index is 12.9. The Balaban J connectivity index is 1.94. The normalized spacial score (nSPS) is 10.9. The summed E-state index contributed by atoms with van der Waals surface area (Å²) in [6, 6.07) is 18.3. The van der Waals surface area contributed by atoms with Gasteiger partial charge in [-0.25, -0.2) is 0 Å². The van der Waals surface area contributed by atoms with Gasteiger partial charge in [0.25, 0.3) is 5.56 Å². The topological polar surface area (TPSA) is 98.8 Å². The first-order chi connectivity index (χ1) is 12.6. The molecule has 0 radical (unpaired) electrons. The number of hydrogen-bond acceptors (Lipinski definition) is 4. The Labute approximate surface area is 147 Å². The number of nitrogens with zero attached hydrogens (tertiary/aromatic N) is 1. The van der Waals surface area contributed by atoms with Gasteiger partial charge in [0, 0.05) is 12.0 Å². The first-order valence-corrected chi connectivity index (χ1v) is 8.11. The number of fused-ring (bicyclic) bond motifs is 1. The van der Waals surface area contributed by atoms with Crippen LogP contribution in [0.1, 0.15) is 11.1 Å². The van der Waals surface area contributed by atoms with Crippen LogP contribution in [0.3, 0.4) is 0 Å². The van der Waals surface area contributed by atoms with Gasteiger partial charge in [0.05, 0.1) is 5.56 Å². The van der Waals surface area contributed by atoms with Gasteiger partial charge in [-0.15, -0.1) is 0 Å². The Morgan fingerprint density at radius 1 is 0.923 bits per heavy atom. The second kappa shape index (κ2) is 6.33. The quantitative estimate of drug-likeness (QED) is 0.531. The predicted octanol–water partition coefficient (Wildman–Crippen LogP) is 2.57. The number of pyridine rings is 1. The van der Waals surface area contributed by atoms with Crippen molar-refractivity contribution in [1.82, 2.24) is 15.2 Å². The molecule has 0 bridgehead atoms. The maximum atomic E-state index is 12.9. The van der Waals surface area contributed by atoms with Crippen LogP contribution in [-0.4, -0.2) is 20.3 Å². The number of aromatic amines is 2. The molecule has 2 aromatic carbocycles. The number of nitrogens with one attached hydrogen (secondary N) is 2. The van der Waals surface area contributed by atoms with Crippen molar-refractivity contribution >= 4 is 11.0 Å². The minimum atomic E-state index is -0.455. The summed E-state index contributed by atoms with van der Waals surface area (Å²) >= 11 is 0. The van der Waals surface area contributed by atoms with Crippen LogP contribution in [0.5, 0.6) is 5.75 Å². The van der Waals surface area contributed by atoms with E-state index in [0.29, 0.717) is 5.56 Å². The van der Waals surface area contributed by atoms with Gasteiger partial charge in [0.1, 0.15) is 22.5 Å². The van der Waals surface area contributed by atoms with Gasteiger partial charge in [-0.1, -0.05) is 60.7 Å². The van der Waals surface area contributed by atoms with Crippen LogP contribution in [0.2, 0.25) is 0 Å². The van der Waals surface area contributed by atoms with E-state index in [1.165, 1.54) is 0 Å². The van der Waals surface area contributed by atoms with Gasteiger partial charge in [0.2, 0.25) is 5.43 Å². The number of hydrogen-bond donors (Lipinski definition) is 3. The van der Waals surface area contributed by atoms with Crippen LogP contribution in [-0.2, 0) is 6.42 Å². The maximum Gasteiger partial charge on any atom is 0.256 e. The third-order valence-corrected chi connectivity index (χ3v) is 4.28. The Bertz CT molecular complexity index is 1200. The van der Waals surface area contributed by atoms with E-state index in [0.717, 1.165) is 5.56 Å². The number of H-pyrrole nitrogens is 2. The first-order valence-electron chi connectivity index (χ1n) is 8.11. The van der Waals surface area contributed by atoms with E-state index in [1.54, 1.807) is 24.3 Å². The average Bonchev–Trinajstić information content (AvgIpc) is 2.66. The lowest BCUT2D eigenvalue weighted by Gasteiger charge is -2.08. The molecule has 6 nitrogen and oxygen atoms in total. The average molecular weight is 345 g/mol. The fourth-order valence-electron chi connectivity index (χ4n) is 2.97. The zero-order valence-corrected chi connectivity index (χ0v) is 13.7. The van der Waals surface area contributed by atoms with Gasteiger partial charge in [-0.05, 0) is 5.56 Å². The molecule has 2 aromatic heterocycles. The number of benzene rings is 2. The zero-order chi connectivity index (χ0) is 18.1. The van der Waals surface area contributed by atoms with E-state index in [1.807, 2.05) is 36.4 Å². The highest BCUT2D eigenvalue weighted by atomic mass is 16.3. The molecule has 2 heterocycles. The lowest BCUT2D eigenvalue weighted by molar-refractivity contribution is 0.473. The lowest BCUT2D eigenvalue weighted by atomic mass is 10.0. The van der Waals surface area contributed by atoms with E-state index in [4.69, 9.17) is 0 Å². The molecule has 0 unspecified atom stereocenters. The van der Waals surface area contributed by atoms with Crippen LogP contribution in [0.4, 0.5) is 0 Å². The molecule has 0 saturated carbocycles. The summed E-state index contributed by atoms with van der Waals surface area (Å²) in [6.45, 7) is 0. The summed E-state index contributed by atoms with van der Waals surface area (Å²) in [4.78, 5) is 27.9. The van der Waals surface area contributed by atoms with Crippen molar-refractivity contribution in [1.29, 1.82) is 0 Å². The smallest absolute Gasteiger partial charge is 0.256 e. The number of aromatic nitrogens is 3. The van der Waals surface area contributed by atoms with Crippen LogP contribution in [0.25, 0.3) is 22.3 Å². The summed E-state index contributed by atoms with van der Waals surface area (Å²) in [7, 11) is 0. The van der Waals surface area contributed by atoms with Gasteiger partial charge < -0.3 is 10.1 Å². The molecule has 4 rings (SSSR count). The monoisotopic (exact) mass is 345 g/mol. The van der Waals surface area contributed by atoms with E-state index in [-0.39, 0.29) is 34.5 Å². The van der Waals surface area contributed by atoms with Crippen LogP contribution >= 0.6 is 0 Å². The third kappa shape index (κ3) is 2.67. The van der Waals surface area contributed by atoms with Crippen LogP contribution in [0, 0.1) is 0 Å². The molecule has 3 N–H and O–H groups in total. The molecular weight excluding hydrogens is 330 g/mol. The molecule has 0 amide bonds. The lowest BCUT2D eigenvalue weighted by Crippen LogP contribution is -2.19. The van der Waals surface area contributed by atoms with Crippen LogP contribution < -0.4 is 11.0 Å². The van der Waals surface area contributed by atoms with Crippen molar-refractivity contribution in [3.05, 3.63) is 92.4 Å². The van der Waals surface area contributed by atoms with Crippen molar-refractivity contribution in [2.75, 3.05) is 0 Å². The minimum absolute atomic E-state index is 0.0318. The van der Waals surface area contributed by atoms with E-state index >= 15 is 0 Å². The fraction of sp³-hybridized carbons (Fsp3) is 0.0500. The Kier molecular flexibility index (Phi) is 3.85. The highest BCUT2D eigenvalue weighted by Crippen LogP contribution is 2.24. The summed E-state index contributed by atoms with van der Waals surface area (Å²) in [5.74, 6) is -0.312. The Morgan fingerprint density at radius 3 is 2.27 bits per heavy atom. The highest BCUT2D eigenvalue weighted by molar-refractivity contribution is 5.85. The van der Waals surface area contributed by atoms with E-state index in [9.17, 15) is 14.7 Å². The molecule has 0 aliphatic rings. The second-order valence-corrected chi connectivity index (χ2v) is 5.96. The largest absolute Gasteiger partial charge is 0.507 e. The van der Waals surface area contributed by atoms with Crippen molar-refractivity contribution in [2.24, 2.45) is 0 Å². The van der Waals surface area contributed by atoms with Crippen molar-refractivity contribution in [2.45, 2.75) is 6.42 Å². The van der Waals surface area contributed by atoms with Gasteiger partial charge in [-0.2, -0.15) is 5.10 Å². The highest BCUT2D eigenvalue weighted by Gasteiger charge is 2.18. The molecule has 0 aliphatic heterocycles. The molecule has 0 saturated heterocycles. The summed E-state index contributed by atoms with van der Waals surface area (Å²) in [5, 5.41) is 17.4. The van der Waals surface area contributed by atoms with Gasteiger partial charge >= 0.3 is 0 Å². The molecule has 0 fully saturated rings. The standard InChI is InChI=1S/C20H15N3O3/c24-17-14(11-12-7-3-1-4-8-12)20(26)21-19-15(17)18(25)16(22-23-19)13-9-5-2-6-10-13/h1-10H,11H2,(H3,21,23,24,25,26). The molecular formula is C20H15N3O3. The molecule has 26 heavy (non-hydrogen) atoms. The number of aromatic hydroxyl groups is 1. The molecule has 6 heteroatoms. The Morgan fingerprint density at radius 2 is 1.58 bits per heavy atom. The second-order valence-electron chi connectivity index (χ2n) is 5.96. The predicted molar refractivity (Wildman–Crippen MR) is 99.3 cm³/mol.